The van der Waals surface area contributed by atoms with E-state index in [-0.39, 0.29) is 48.4 Å². The van der Waals surface area contributed by atoms with Gasteiger partial charge in [-0.25, -0.2) is 5.06 Å². The van der Waals surface area contributed by atoms with Gasteiger partial charge in [-0.05, 0) is 109 Å². The van der Waals surface area contributed by atoms with Gasteiger partial charge in [-0.1, -0.05) is 187 Å². The summed E-state index contributed by atoms with van der Waals surface area (Å²) in [6, 6.07) is 52.7. The third kappa shape index (κ3) is 8.04. The number of para-hydroxylation sites is 1. The van der Waals surface area contributed by atoms with Crippen LogP contribution in [0.25, 0.3) is 54.2 Å². The van der Waals surface area contributed by atoms with Crippen molar-refractivity contribution in [3.63, 3.8) is 0 Å². The fraction of sp³-hybridized carbons (Fsp3) is 0.262. The summed E-state index contributed by atoms with van der Waals surface area (Å²) in [6.45, 7) is 4.53. The van der Waals surface area contributed by atoms with E-state index in [0.717, 1.165) is 131 Å². The first-order valence-corrected chi connectivity index (χ1v) is 26.5. The molecule has 1 fully saturated rings. The van der Waals surface area contributed by atoms with Gasteiger partial charge in [0.2, 0.25) is 0 Å². The summed E-state index contributed by atoms with van der Waals surface area (Å²) in [6.07, 6.45) is 11.1. The number of carbonyl (C=O) groups excluding carboxylic acids is 4. The number of hydrogen-bond acceptors (Lipinski definition) is 6. The van der Waals surface area contributed by atoms with Crippen LogP contribution in [0.4, 0.5) is 5.69 Å². The summed E-state index contributed by atoms with van der Waals surface area (Å²) < 4.78 is 0. The van der Waals surface area contributed by atoms with Crippen molar-refractivity contribution in [1.29, 1.82) is 0 Å². The zero-order valence-electron chi connectivity index (χ0n) is 41.6. The molecule has 0 saturated carbocycles. The van der Waals surface area contributed by atoms with Gasteiger partial charge in [0.05, 0.1) is 18.3 Å². The second-order valence-electron chi connectivity index (χ2n) is 20.4. The SMILES string of the molecule is CCCCCCC(CCCCCC)N1C(=O)c2ccc3c4ccc5c6c(ccc(c7ccc(c2c37)C1=O)c64)C(=O)N(Cc1ccc(-c2ccc(C3C[C@H](c4ccccc4)ON3c3ccccc3)cc2)cc1)C5=O. The Kier molecular flexibility index (Phi) is 12.3. The van der Waals surface area contributed by atoms with Crippen LogP contribution in [0.3, 0.4) is 0 Å². The molecular formula is C65H59N3O5. The van der Waals surface area contributed by atoms with Crippen LogP contribution >= 0.6 is 0 Å². The summed E-state index contributed by atoms with van der Waals surface area (Å²) in [5.41, 5.74) is 8.38. The molecule has 2 atom stereocenters. The standard InChI is InChI=1S/C65H59N3O5/c1-3-5-7-13-19-46(20-14-8-6-4-2)67-64(71)54-37-33-50-48-31-35-52-60-53(36-32-49(58(48)60)51-34-38-55(65(67)72)61(54)59(50)51)63(70)66(62(52)69)40-41-23-25-42(26-24-41)43-27-29-44(30-28-43)56-39-57(45-17-11-9-12-18-45)73-68(56)47-21-15-10-16-22-47/h9-12,15-18,21-38,46,56-57H,3-8,13-14,19-20,39-40H2,1-2H3/t56?,57-/m1/s1. The Bertz CT molecular complexity index is 3440. The summed E-state index contributed by atoms with van der Waals surface area (Å²) in [5.74, 6) is -1.09. The minimum absolute atomic E-state index is 0.0322. The Morgan fingerprint density at radius 1 is 0.466 bits per heavy atom. The number of nitrogens with zero attached hydrogens (tertiary/aromatic N) is 3. The van der Waals surface area contributed by atoms with Gasteiger partial charge < -0.3 is 0 Å². The molecule has 0 radical (unpaired) electrons. The molecule has 8 heteroatoms. The number of hydroxylamine groups is 1. The maximum Gasteiger partial charge on any atom is 0.261 e. The predicted octanol–water partition coefficient (Wildman–Crippen LogP) is 15.7. The lowest BCUT2D eigenvalue weighted by atomic mass is 9.82. The van der Waals surface area contributed by atoms with Crippen molar-refractivity contribution in [3.05, 3.63) is 197 Å². The Hall–Kier alpha value is -7.68. The van der Waals surface area contributed by atoms with Crippen LogP contribution in [0.5, 0.6) is 0 Å². The van der Waals surface area contributed by atoms with Gasteiger partial charge in [-0.3, -0.25) is 33.8 Å². The van der Waals surface area contributed by atoms with E-state index < -0.39 is 0 Å². The summed E-state index contributed by atoms with van der Waals surface area (Å²) in [4.78, 5) is 67.8. The van der Waals surface area contributed by atoms with E-state index >= 15 is 0 Å². The molecule has 1 unspecified atom stereocenters. The maximum absolute atomic E-state index is 14.6. The quantitative estimate of drug-likeness (QED) is 0.0391. The van der Waals surface area contributed by atoms with Crippen molar-refractivity contribution in [3.8, 4) is 11.1 Å². The van der Waals surface area contributed by atoms with Crippen LogP contribution in [0.2, 0.25) is 0 Å². The number of carbonyl (C=O) groups is 4. The average Bonchev–Trinajstić information content (AvgIpc) is 3.90. The van der Waals surface area contributed by atoms with Gasteiger partial charge in [0, 0.05) is 45.5 Å². The number of benzene rings is 9. The van der Waals surface area contributed by atoms with Crippen molar-refractivity contribution in [2.75, 3.05) is 5.06 Å². The molecule has 0 aromatic heterocycles. The highest BCUT2D eigenvalue weighted by Gasteiger charge is 2.40. The van der Waals surface area contributed by atoms with Gasteiger partial charge in [0.25, 0.3) is 23.6 Å². The number of fused-ring (bicyclic) bond motifs is 2. The molecule has 3 aliphatic heterocycles. The van der Waals surface area contributed by atoms with Crippen LogP contribution in [-0.2, 0) is 11.4 Å². The maximum atomic E-state index is 14.6. The first-order chi connectivity index (χ1) is 35.8. The minimum atomic E-state index is -0.331. The Morgan fingerprint density at radius 2 is 0.932 bits per heavy atom. The molecule has 12 rings (SSSR count). The van der Waals surface area contributed by atoms with E-state index in [9.17, 15) is 19.2 Å². The van der Waals surface area contributed by atoms with Crippen molar-refractivity contribution in [1.82, 2.24) is 9.80 Å². The third-order valence-electron chi connectivity index (χ3n) is 16.0. The number of anilines is 1. The second kappa shape index (κ2) is 19.4. The average molecular weight is 962 g/mol. The molecule has 9 aromatic carbocycles. The van der Waals surface area contributed by atoms with Crippen LogP contribution < -0.4 is 5.06 Å². The summed E-state index contributed by atoms with van der Waals surface area (Å²) >= 11 is 0. The van der Waals surface area contributed by atoms with Crippen LogP contribution in [0, 0.1) is 0 Å². The van der Waals surface area contributed by atoms with E-state index in [1.54, 1.807) is 4.90 Å². The largest absolute Gasteiger partial charge is 0.271 e. The smallest absolute Gasteiger partial charge is 0.261 e. The molecule has 1 saturated heterocycles. The first-order valence-electron chi connectivity index (χ1n) is 26.5. The normalized spacial score (nSPS) is 16.7. The number of hydrogen-bond donors (Lipinski definition) is 0. The molecule has 0 aliphatic carbocycles. The highest BCUT2D eigenvalue weighted by atomic mass is 16.7. The molecule has 9 aromatic rings. The van der Waals surface area contributed by atoms with Gasteiger partial charge in [-0.15, -0.1) is 0 Å². The molecule has 4 amide bonds. The Morgan fingerprint density at radius 3 is 1.42 bits per heavy atom. The Labute approximate surface area is 426 Å². The van der Waals surface area contributed by atoms with Crippen molar-refractivity contribution >= 4 is 72.4 Å². The van der Waals surface area contributed by atoms with Crippen LogP contribution in [0.1, 0.15) is 155 Å². The second-order valence-corrected chi connectivity index (χ2v) is 20.4. The summed E-state index contributed by atoms with van der Waals surface area (Å²) in [5, 5.41) is 8.68. The zero-order chi connectivity index (χ0) is 49.7. The van der Waals surface area contributed by atoms with E-state index in [0.29, 0.717) is 33.0 Å². The molecule has 73 heavy (non-hydrogen) atoms. The molecule has 3 heterocycles. The number of unbranched alkanes of at least 4 members (excludes halogenated alkanes) is 6. The van der Waals surface area contributed by atoms with Crippen molar-refractivity contribution < 1.29 is 24.0 Å². The lowest BCUT2D eigenvalue weighted by Crippen LogP contribution is -2.47. The number of amides is 4. The topological polar surface area (TPSA) is 87.2 Å². The molecule has 8 nitrogen and oxygen atoms in total. The number of rotatable bonds is 17. The van der Waals surface area contributed by atoms with Gasteiger partial charge >= 0.3 is 0 Å². The molecular weight excluding hydrogens is 903 g/mol. The van der Waals surface area contributed by atoms with E-state index in [1.807, 2.05) is 90.0 Å². The lowest BCUT2D eigenvalue weighted by Gasteiger charge is -2.35. The number of imide groups is 2. The van der Waals surface area contributed by atoms with Crippen LogP contribution in [0.15, 0.2) is 158 Å². The molecule has 0 spiro atoms. The van der Waals surface area contributed by atoms with E-state index in [4.69, 9.17) is 4.84 Å². The van der Waals surface area contributed by atoms with Gasteiger partial charge in [0.1, 0.15) is 6.10 Å². The summed E-state index contributed by atoms with van der Waals surface area (Å²) in [7, 11) is 0. The van der Waals surface area contributed by atoms with Gasteiger partial charge in [-0.2, -0.15) is 0 Å². The van der Waals surface area contributed by atoms with Gasteiger partial charge in [0.15, 0.2) is 0 Å². The lowest BCUT2D eigenvalue weighted by molar-refractivity contribution is 0.0514. The zero-order valence-corrected chi connectivity index (χ0v) is 41.6. The Balaban J connectivity index is 0.806. The monoisotopic (exact) mass is 961 g/mol. The highest BCUT2D eigenvalue weighted by Crippen LogP contribution is 2.48. The third-order valence-corrected chi connectivity index (χ3v) is 16.0. The highest BCUT2D eigenvalue weighted by molar-refractivity contribution is 6.41. The van der Waals surface area contributed by atoms with E-state index in [2.05, 4.69) is 86.6 Å². The molecule has 3 aliphatic rings. The first kappa shape index (κ1) is 46.4. The minimum Gasteiger partial charge on any atom is -0.271 e. The fourth-order valence-corrected chi connectivity index (χ4v) is 12.2. The van der Waals surface area contributed by atoms with Crippen molar-refractivity contribution in [2.24, 2.45) is 0 Å². The fourth-order valence-electron chi connectivity index (χ4n) is 12.2. The van der Waals surface area contributed by atoms with Crippen molar-refractivity contribution in [2.45, 2.75) is 109 Å². The van der Waals surface area contributed by atoms with E-state index in [1.165, 1.54) is 10.5 Å². The predicted molar refractivity (Wildman–Crippen MR) is 292 cm³/mol. The molecule has 0 N–H and O–H groups in total. The van der Waals surface area contributed by atoms with Crippen LogP contribution in [-0.4, -0.2) is 39.5 Å². The molecule has 364 valence electrons. The molecule has 0 bridgehead atoms.